The van der Waals surface area contributed by atoms with Crippen molar-refractivity contribution in [3.63, 3.8) is 0 Å². The Kier molecular flexibility index (Phi) is 3.88. The van der Waals surface area contributed by atoms with Crippen LogP contribution in [0.2, 0.25) is 0 Å². The molecule has 1 saturated carbocycles. The predicted octanol–water partition coefficient (Wildman–Crippen LogP) is 0.911. The lowest BCUT2D eigenvalue weighted by atomic mass is 9.85. The summed E-state index contributed by atoms with van der Waals surface area (Å²) in [6.07, 6.45) is 7.16. The molecule has 5 heteroatoms. The molecule has 3 atom stereocenters. The molecule has 2 fully saturated rings. The molecular weight excluding hydrogens is 238 g/mol. The van der Waals surface area contributed by atoms with Gasteiger partial charge in [0.05, 0.1) is 11.8 Å². The number of rotatable bonds is 4. The summed E-state index contributed by atoms with van der Waals surface area (Å²) in [5.41, 5.74) is 0. The average molecular weight is 259 g/mol. The van der Waals surface area contributed by atoms with Gasteiger partial charge in [-0.05, 0) is 25.2 Å². The zero-order valence-corrected chi connectivity index (χ0v) is 11.1. The summed E-state index contributed by atoms with van der Waals surface area (Å²) in [4.78, 5) is 11.9. The SMILES string of the molecule is CS(=O)(=O)CCC(=O)C1CC2CCCCC2N1. The molecule has 3 unspecified atom stereocenters. The van der Waals surface area contributed by atoms with Gasteiger partial charge in [0.2, 0.25) is 0 Å². The van der Waals surface area contributed by atoms with Crippen LogP contribution in [0.3, 0.4) is 0 Å². The molecule has 0 aromatic carbocycles. The van der Waals surface area contributed by atoms with Crippen LogP contribution in [0.15, 0.2) is 0 Å². The Morgan fingerprint density at radius 2 is 2.00 bits per heavy atom. The Bertz CT molecular complexity index is 377. The van der Waals surface area contributed by atoms with E-state index in [0.29, 0.717) is 12.0 Å². The van der Waals surface area contributed by atoms with Gasteiger partial charge in [-0.2, -0.15) is 0 Å². The summed E-state index contributed by atoms with van der Waals surface area (Å²) in [6, 6.07) is 0.404. The number of nitrogens with one attached hydrogen (secondary N) is 1. The molecule has 4 nitrogen and oxygen atoms in total. The Labute approximate surface area is 103 Å². The van der Waals surface area contributed by atoms with Crippen LogP contribution in [0.25, 0.3) is 0 Å². The highest BCUT2D eigenvalue weighted by atomic mass is 32.2. The smallest absolute Gasteiger partial charge is 0.150 e. The monoisotopic (exact) mass is 259 g/mol. The molecule has 1 N–H and O–H groups in total. The molecule has 0 spiro atoms. The summed E-state index contributed by atoms with van der Waals surface area (Å²) in [5.74, 6) is 0.694. The number of carbonyl (C=O) groups is 1. The normalized spacial score (nSPS) is 33.4. The molecule has 1 aliphatic heterocycles. The third-order valence-corrected chi connectivity index (χ3v) is 4.92. The second kappa shape index (κ2) is 5.06. The van der Waals surface area contributed by atoms with Crippen molar-refractivity contribution in [3.8, 4) is 0 Å². The molecule has 0 aromatic rings. The van der Waals surface area contributed by atoms with Gasteiger partial charge >= 0.3 is 0 Å². The maximum atomic E-state index is 11.9. The van der Waals surface area contributed by atoms with Gasteiger partial charge in [-0.3, -0.25) is 4.79 Å². The van der Waals surface area contributed by atoms with E-state index in [9.17, 15) is 13.2 Å². The van der Waals surface area contributed by atoms with Crippen LogP contribution in [0.1, 0.15) is 38.5 Å². The van der Waals surface area contributed by atoms with Crippen LogP contribution in [-0.4, -0.2) is 38.3 Å². The molecule has 17 heavy (non-hydrogen) atoms. The number of Topliss-reactive ketones (excluding diaryl/α,β-unsaturated/α-hetero) is 1. The van der Waals surface area contributed by atoms with Crippen molar-refractivity contribution in [2.45, 2.75) is 50.6 Å². The molecule has 2 rings (SSSR count). The van der Waals surface area contributed by atoms with Crippen LogP contribution in [-0.2, 0) is 14.6 Å². The molecule has 0 radical (unpaired) electrons. The molecule has 2 aliphatic rings. The van der Waals surface area contributed by atoms with Crippen LogP contribution < -0.4 is 5.32 Å². The second-order valence-electron chi connectivity index (χ2n) is 5.45. The minimum absolute atomic E-state index is 0.0145. The summed E-state index contributed by atoms with van der Waals surface area (Å²) in [5, 5.41) is 3.38. The largest absolute Gasteiger partial charge is 0.304 e. The van der Waals surface area contributed by atoms with E-state index in [1.807, 2.05) is 0 Å². The van der Waals surface area contributed by atoms with E-state index in [4.69, 9.17) is 0 Å². The van der Waals surface area contributed by atoms with Gasteiger partial charge in [-0.1, -0.05) is 12.8 Å². The molecule has 0 bridgehead atoms. The van der Waals surface area contributed by atoms with Gasteiger partial charge in [0.1, 0.15) is 9.84 Å². The highest BCUT2D eigenvalue weighted by molar-refractivity contribution is 7.90. The van der Waals surface area contributed by atoms with E-state index in [1.54, 1.807) is 0 Å². The minimum Gasteiger partial charge on any atom is -0.304 e. The van der Waals surface area contributed by atoms with Crippen LogP contribution in [0, 0.1) is 5.92 Å². The number of fused-ring (bicyclic) bond motifs is 1. The number of sulfone groups is 1. The lowest BCUT2D eigenvalue weighted by Crippen LogP contribution is -2.37. The fourth-order valence-electron chi connectivity index (χ4n) is 3.02. The van der Waals surface area contributed by atoms with Gasteiger partial charge in [0.25, 0.3) is 0 Å². The topological polar surface area (TPSA) is 63.2 Å². The number of hydrogen-bond acceptors (Lipinski definition) is 4. The van der Waals surface area contributed by atoms with Crippen molar-refractivity contribution in [1.29, 1.82) is 0 Å². The summed E-state index contributed by atoms with van der Waals surface area (Å²) < 4.78 is 22.1. The Hall–Kier alpha value is -0.420. The summed E-state index contributed by atoms with van der Waals surface area (Å²) in [6.45, 7) is 0. The molecule has 0 amide bonds. The number of carbonyl (C=O) groups excluding carboxylic acids is 1. The highest BCUT2D eigenvalue weighted by Gasteiger charge is 2.37. The van der Waals surface area contributed by atoms with E-state index < -0.39 is 9.84 Å². The van der Waals surface area contributed by atoms with Crippen LogP contribution in [0.5, 0.6) is 0 Å². The van der Waals surface area contributed by atoms with Crippen LogP contribution in [0.4, 0.5) is 0 Å². The second-order valence-corrected chi connectivity index (χ2v) is 7.71. The van der Waals surface area contributed by atoms with E-state index in [0.717, 1.165) is 6.42 Å². The average Bonchev–Trinajstić information content (AvgIpc) is 2.68. The van der Waals surface area contributed by atoms with Crippen molar-refractivity contribution in [1.82, 2.24) is 5.32 Å². The molecule has 1 saturated heterocycles. The summed E-state index contributed by atoms with van der Waals surface area (Å²) >= 11 is 0. The zero-order chi connectivity index (χ0) is 12.5. The predicted molar refractivity (Wildman–Crippen MR) is 66.6 cm³/mol. The first-order chi connectivity index (χ1) is 7.96. The first-order valence-corrected chi connectivity index (χ1v) is 8.48. The lowest BCUT2D eigenvalue weighted by Gasteiger charge is -2.24. The maximum Gasteiger partial charge on any atom is 0.150 e. The van der Waals surface area contributed by atoms with Crippen molar-refractivity contribution in [2.75, 3.05) is 12.0 Å². The van der Waals surface area contributed by atoms with E-state index in [-0.39, 0.29) is 24.0 Å². The van der Waals surface area contributed by atoms with Crippen molar-refractivity contribution >= 4 is 15.6 Å². The quantitative estimate of drug-likeness (QED) is 0.815. The number of hydrogen-bond donors (Lipinski definition) is 1. The van der Waals surface area contributed by atoms with Crippen LogP contribution >= 0.6 is 0 Å². The van der Waals surface area contributed by atoms with Gasteiger partial charge in [-0.25, -0.2) is 8.42 Å². The molecular formula is C12H21NO3S. The Balaban J connectivity index is 1.85. The van der Waals surface area contributed by atoms with Crippen molar-refractivity contribution in [2.24, 2.45) is 5.92 Å². The Morgan fingerprint density at radius 1 is 1.29 bits per heavy atom. The molecule has 98 valence electrons. The van der Waals surface area contributed by atoms with E-state index in [1.165, 1.54) is 31.9 Å². The number of ketones is 1. The molecule has 0 aromatic heterocycles. The molecule has 1 aliphatic carbocycles. The zero-order valence-electron chi connectivity index (χ0n) is 10.3. The summed E-state index contributed by atoms with van der Waals surface area (Å²) in [7, 11) is -3.02. The first kappa shape index (κ1) is 13.0. The Morgan fingerprint density at radius 3 is 2.65 bits per heavy atom. The van der Waals surface area contributed by atoms with E-state index in [2.05, 4.69) is 5.32 Å². The van der Waals surface area contributed by atoms with Crippen molar-refractivity contribution < 1.29 is 13.2 Å². The van der Waals surface area contributed by atoms with Gasteiger partial charge in [0.15, 0.2) is 5.78 Å². The fourth-order valence-corrected chi connectivity index (χ4v) is 3.59. The third kappa shape index (κ3) is 3.52. The maximum absolute atomic E-state index is 11.9. The lowest BCUT2D eigenvalue weighted by molar-refractivity contribution is -0.120. The van der Waals surface area contributed by atoms with Gasteiger partial charge < -0.3 is 5.32 Å². The molecule has 1 heterocycles. The first-order valence-electron chi connectivity index (χ1n) is 6.42. The fraction of sp³-hybridized carbons (Fsp3) is 0.917. The highest BCUT2D eigenvalue weighted by Crippen LogP contribution is 2.33. The third-order valence-electron chi connectivity index (χ3n) is 3.97. The van der Waals surface area contributed by atoms with Gasteiger partial charge in [0, 0.05) is 18.7 Å². The minimum atomic E-state index is -3.02. The van der Waals surface area contributed by atoms with E-state index >= 15 is 0 Å². The van der Waals surface area contributed by atoms with Crippen molar-refractivity contribution in [3.05, 3.63) is 0 Å². The standard InChI is InChI=1S/C12H21NO3S/c1-17(15,16)7-6-12(14)11-8-9-4-2-3-5-10(9)13-11/h9-11,13H,2-8H2,1H3. The van der Waals surface area contributed by atoms with Gasteiger partial charge in [-0.15, -0.1) is 0 Å².